The van der Waals surface area contributed by atoms with E-state index in [-0.39, 0.29) is 51.8 Å². The lowest BCUT2D eigenvalue weighted by molar-refractivity contribution is -0.122. The van der Waals surface area contributed by atoms with Crippen LogP contribution < -0.4 is 24.4 Å². The van der Waals surface area contributed by atoms with E-state index in [1.807, 2.05) is 13.8 Å². The number of aryl methyl sites for hydroxylation is 1. The van der Waals surface area contributed by atoms with Crippen molar-refractivity contribution in [3.63, 3.8) is 0 Å². The third-order valence-corrected chi connectivity index (χ3v) is 8.26. The molecule has 14 heteroatoms. The van der Waals surface area contributed by atoms with E-state index < -0.39 is 39.7 Å². The molecule has 1 aromatic carbocycles. The fourth-order valence-electron chi connectivity index (χ4n) is 4.07. The zero-order valence-corrected chi connectivity index (χ0v) is 22.3. The van der Waals surface area contributed by atoms with Crippen LogP contribution in [0.5, 0.6) is 11.5 Å². The van der Waals surface area contributed by atoms with Crippen LogP contribution in [0.4, 0.5) is 19.3 Å². The van der Waals surface area contributed by atoms with Crippen molar-refractivity contribution in [1.29, 1.82) is 0 Å². The molecular formula is C24H31F2N5O6S. The lowest BCUT2D eigenvalue weighted by Crippen LogP contribution is -2.54. The highest BCUT2D eigenvalue weighted by molar-refractivity contribution is 7.93. The first-order valence-corrected chi connectivity index (χ1v) is 13.7. The number of nitrogens with zero attached hydrogens (tertiary/aromatic N) is 3. The van der Waals surface area contributed by atoms with E-state index >= 15 is 0 Å². The molecule has 0 radical (unpaired) electrons. The number of nitrogens with one attached hydrogen (secondary N) is 2. The van der Waals surface area contributed by atoms with Crippen molar-refractivity contribution in [2.24, 2.45) is 11.8 Å². The molecule has 2 atom stereocenters. The molecule has 2 amide bonds. The molecule has 0 spiro atoms. The fraction of sp³-hybridized carbons (Fsp3) is 0.542. The third-order valence-electron chi connectivity index (χ3n) is 6.25. The molecule has 1 aliphatic carbocycles. The van der Waals surface area contributed by atoms with E-state index in [2.05, 4.69) is 15.7 Å². The predicted molar refractivity (Wildman–Crippen MR) is 133 cm³/mol. The summed E-state index contributed by atoms with van der Waals surface area (Å²) in [5.41, 5.74) is -0.0507. The van der Waals surface area contributed by atoms with Crippen molar-refractivity contribution in [2.45, 2.75) is 64.1 Å². The maximum absolute atomic E-state index is 13.9. The van der Waals surface area contributed by atoms with Crippen molar-refractivity contribution in [1.82, 2.24) is 20.4 Å². The summed E-state index contributed by atoms with van der Waals surface area (Å²) < 4.78 is 67.0. The number of halogens is 2. The number of aromatic nitrogens is 2. The van der Waals surface area contributed by atoms with E-state index in [9.17, 15) is 26.8 Å². The van der Waals surface area contributed by atoms with Crippen molar-refractivity contribution in [3.8, 4) is 11.5 Å². The molecule has 1 fully saturated rings. The maximum Gasteiger partial charge on any atom is 0.412 e. The molecule has 0 saturated heterocycles. The van der Waals surface area contributed by atoms with Gasteiger partial charge >= 0.3 is 12.6 Å². The van der Waals surface area contributed by atoms with Gasteiger partial charge < -0.3 is 20.1 Å². The number of fused-ring (bicyclic) bond motifs is 1. The molecule has 1 aliphatic heterocycles. The first kappa shape index (κ1) is 27.6. The fourth-order valence-corrected chi connectivity index (χ4v) is 5.91. The Morgan fingerprint density at radius 3 is 2.55 bits per heavy atom. The first-order valence-electron chi connectivity index (χ1n) is 12.3. The molecule has 208 valence electrons. The van der Waals surface area contributed by atoms with Gasteiger partial charge in [-0.15, -0.1) is 0 Å². The van der Waals surface area contributed by atoms with Crippen molar-refractivity contribution >= 4 is 27.7 Å². The van der Waals surface area contributed by atoms with Crippen molar-refractivity contribution < 1.29 is 36.3 Å². The van der Waals surface area contributed by atoms with Gasteiger partial charge in [-0.1, -0.05) is 13.8 Å². The minimum atomic E-state index is -4.44. The molecule has 4 rings (SSSR count). The van der Waals surface area contributed by atoms with Gasteiger partial charge in [0.25, 0.3) is 10.0 Å². The smallest absolute Gasteiger partial charge is 0.412 e. The maximum atomic E-state index is 13.9. The number of benzene rings is 1. The Kier molecular flexibility index (Phi) is 7.81. The van der Waals surface area contributed by atoms with Crippen LogP contribution in [0, 0.1) is 18.8 Å². The van der Waals surface area contributed by atoms with Gasteiger partial charge in [-0.25, -0.2) is 17.9 Å². The molecule has 1 aromatic heterocycles. The monoisotopic (exact) mass is 555 g/mol. The lowest BCUT2D eigenvalue weighted by atomic mass is 10.1. The van der Waals surface area contributed by atoms with E-state index in [4.69, 9.17) is 9.47 Å². The topological polar surface area (TPSA) is 132 Å². The number of sulfonamides is 1. The summed E-state index contributed by atoms with van der Waals surface area (Å²) in [4.78, 5) is 24.0. The molecule has 2 N–H and O–H groups in total. The van der Waals surface area contributed by atoms with Crippen molar-refractivity contribution in [3.05, 3.63) is 30.1 Å². The summed E-state index contributed by atoms with van der Waals surface area (Å²) in [5, 5.41) is 9.05. The highest BCUT2D eigenvalue weighted by Crippen LogP contribution is 2.42. The van der Waals surface area contributed by atoms with Gasteiger partial charge in [0.1, 0.15) is 22.5 Å². The number of alkyl halides is 2. The second-order valence-electron chi connectivity index (χ2n) is 9.85. The van der Waals surface area contributed by atoms with Crippen LogP contribution in [0.3, 0.4) is 0 Å². The van der Waals surface area contributed by atoms with Crippen LogP contribution >= 0.6 is 0 Å². The molecule has 2 heterocycles. The molecule has 0 bridgehead atoms. The molecule has 1 saturated carbocycles. The lowest BCUT2D eigenvalue weighted by Gasteiger charge is -2.40. The molecular weight excluding hydrogens is 524 g/mol. The highest BCUT2D eigenvalue weighted by atomic mass is 32.2. The van der Waals surface area contributed by atoms with Gasteiger partial charge in [0.2, 0.25) is 5.91 Å². The van der Waals surface area contributed by atoms with Crippen LogP contribution in [0.25, 0.3) is 0 Å². The van der Waals surface area contributed by atoms with Gasteiger partial charge in [-0.05, 0) is 44.7 Å². The van der Waals surface area contributed by atoms with E-state index in [1.165, 1.54) is 25.1 Å². The summed E-state index contributed by atoms with van der Waals surface area (Å²) in [7, 11) is -4.44. The number of amides is 2. The Labute approximate surface area is 219 Å². The summed E-state index contributed by atoms with van der Waals surface area (Å²) in [6, 6.07) is 3.38. The Bertz CT molecular complexity index is 1310. The number of hydrogen-bond donors (Lipinski definition) is 2. The van der Waals surface area contributed by atoms with Gasteiger partial charge in [0, 0.05) is 18.5 Å². The average molecular weight is 556 g/mol. The molecule has 38 heavy (non-hydrogen) atoms. The number of carbonyl (C=O) groups is 2. The molecule has 0 unspecified atom stereocenters. The minimum Gasteiger partial charge on any atom is -0.484 e. The Balaban J connectivity index is 1.69. The van der Waals surface area contributed by atoms with Crippen molar-refractivity contribution in [2.75, 3.05) is 17.4 Å². The standard InChI is InChI=1S/C24H31F2N5O6S/c1-13(2)10-28-24(33)36-17-7-8-19-18(9-17)31(15(4)20(37-19)11-27-22(32)16-5-6-16)38(34,35)21-12-30(23(25)26)29-14(21)3/h7-9,12-13,15-16,20,23H,5-6,10-11H2,1-4H3,(H,27,32)(H,28,33)/t15-,20+/m1/s1. The van der Waals surface area contributed by atoms with Crippen LogP contribution in [0.1, 0.15) is 45.9 Å². The van der Waals surface area contributed by atoms with Gasteiger partial charge in [-0.2, -0.15) is 13.9 Å². The zero-order chi connectivity index (χ0) is 27.8. The van der Waals surface area contributed by atoms with Gasteiger partial charge in [0.15, 0.2) is 0 Å². The normalized spacial score (nSPS) is 19.2. The van der Waals surface area contributed by atoms with Crippen LogP contribution in [0.15, 0.2) is 29.3 Å². The van der Waals surface area contributed by atoms with E-state index in [0.717, 1.165) is 23.3 Å². The van der Waals surface area contributed by atoms with E-state index in [0.29, 0.717) is 6.54 Å². The number of ether oxygens (including phenoxy) is 2. The quantitative estimate of drug-likeness (QED) is 0.486. The Morgan fingerprint density at radius 2 is 1.95 bits per heavy atom. The third kappa shape index (κ3) is 5.84. The van der Waals surface area contributed by atoms with Gasteiger partial charge in [0.05, 0.1) is 30.2 Å². The predicted octanol–water partition coefficient (Wildman–Crippen LogP) is 3.20. The summed E-state index contributed by atoms with van der Waals surface area (Å²) in [5.74, 6) is 0.222. The summed E-state index contributed by atoms with van der Waals surface area (Å²) in [6.07, 6.45) is 0.883. The Morgan fingerprint density at radius 1 is 1.24 bits per heavy atom. The average Bonchev–Trinajstić information content (AvgIpc) is 3.61. The number of carbonyl (C=O) groups excluding carboxylic acids is 2. The number of rotatable bonds is 9. The SMILES string of the molecule is Cc1nn(C(F)F)cc1S(=O)(=O)N1c2cc(OC(=O)NCC(C)C)ccc2O[C@@H](CNC(=O)C2CC2)[C@H]1C. The molecule has 2 aliphatic rings. The zero-order valence-electron chi connectivity index (χ0n) is 21.5. The van der Waals surface area contributed by atoms with E-state index in [1.54, 1.807) is 6.92 Å². The van der Waals surface area contributed by atoms with Crippen LogP contribution in [-0.2, 0) is 14.8 Å². The minimum absolute atomic E-state index is 0.0348. The summed E-state index contributed by atoms with van der Waals surface area (Å²) >= 11 is 0. The largest absolute Gasteiger partial charge is 0.484 e. The van der Waals surface area contributed by atoms with Crippen LogP contribution in [0.2, 0.25) is 0 Å². The van der Waals surface area contributed by atoms with Gasteiger partial charge in [-0.3, -0.25) is 9.10 Å². The molecule has 11 nitrogen and oxygen atoms in total. The second-order valence-corrected chi connectivity index (χ2v) is 11.6. The number of anilines is 1. The highest BCUT2D eigenvalue weighted by Gasteiger charge is 2.43. The Hall–Kier alpha value is -3.42. The molecule has 2 aromatic rings. The summed E-state index contributed by atoms with van der Waals surface area (Å²) in [6.45, 7) is 4.14. The first-order chi connectivity index (χ1) is 17.9. The number of hydrogen-bond acceptors (Lipinski definition) is 7. The second kappa shape index (κ2) is 10.8. The van der Waals surface area contributed by atoms with Crippen LogP contribution in [-0.4, -0.2) is 55.4 Å².